The summed E-state index contributed by atoms with van der Waals surface area (Å²) in [7, 11) is 0. The highest BCUT2D eigenvalue weighted by Crippen LogP contribution is 2.32. The molecule has 0 spiro atoms. The van der Waals surface area contributed by atoms with Gasteiger partial charge in [-0.05, 0) is 49.7 Å². The summed E-state index contributed by atoms with van der Waals surface area (Å²) in [5.74, 6) is 1.48. The molecule has 0 aliphatic carbocycles. The predicted molar refractivity (Wildman–Crippen MR) is 104 cm³/mol. The van der Waals surface area contributed by atoms with Gasteiger partial charge in [-0.2, -0.15) is 0 Å². The minimum Gasteiger partial charge on any atom is -0.361 e. The molecule has 0 radical (unpaired) electrons. The van der Waals surface area contributed by atoms with Crippen LogP contribution >= 0.6 is 0 Å². The van der Waals surface area contributed by atoms with Crippen molar-refractivity contribution in [1.29, 1.82) is 0 Å². The van der Waals surface area contributed by atoms with Gasteiger partial charge >= 0.3 is 0 Å². The number of piperidine rings is 1. The zero-order valence-corrected chi connectivity index (χ0v) is 15.3. The summed E-state index contributed by atoms with van der Waals surface area (Å²) in [6.07, 6.45) is 10.9. The topological polar surface area (TPSA) is 19.0 Å². The lowest BCUT2D eigenvalue weighted by Crippen LogP contribution is -2.47. The fourth-order valence-electron chi connectivity index (χ4n) is 4.32. The molecule has 3 rings (SSSR count). The highest BCUT2D eigenvalue weighted by molar-refractivity contribution is 5.83. The molecule has 2 aromatic rings. The van der Waals surface area contributed by atoms with Crippen LogP contribution in [0.4, 0.5) is 0 Å². The van der Waals surface area contributed by atoms with Crippen molar-refractivity contribution in [2.45, 2.75) is 52.0 Å². The van der Waals surface area contributed by atoms with E-state index in [1.165, 1.54) is 48.7 Å². The van der Waals surface area contributed by atoms with Crippen molar-refractivity contribution in [3.8, 4) is 0 Å². The summed E-state index contributed by atoms with van der Waals surface area (Å²) < 4.78 is 0. The van der Waals surface area contributed by atoms with Crippen LogP contribution in [0.3, 0.4) is 0 Å². The number of H-pyrrole nitrogens is 1. The van der Waals surface area contributed by atoms with Gasteiger partial charge < -0.3 is 4.98 Å². The zero-order valence-electron chi connectivity index (χ0n) is 15.3. The van der Waals surface area contributed by atoms with E-state index in [0.29, 0.717) is 12.0 Å². The molecule has 0 saturated carbocycles. The maximum atomic E-state index is 4.08. The fourth-order valence-corrected chi connectivity index (χ4v) is 4.32. The molecule has 24 heavy (non-hydrogen) atoms. The molecule has 1 N–H and O–H groups in total. The smallest absolute Gasteiger partial charge is 0.0456 e. The van der Waals surface area contributed by atoms with Crippen molar-refractivity contribution >= 4 is 10.9 Å². The molecule has 1 aromatic carbocycles. The van der Waals surface area contributed by atoms with E-state index in [2.05, 4.69) is 66.8 Å². The first-order chi connectivity index (χ1) is 11.7. The fraction of sp³-hybridized carbons (Fsp3) is 0.545. The van der Waals surface area contributed by atoms with Crippen LogP contribution in [0.5, 0.6) is 0 Å². The summed E-state index contributed by atoms with van der Waals surface area (Å²) in [5.41, 5.74) is 2.70. The molecule has 2 heteroatoms. The third-order valence-electron chi connectivity index (χ3n) is 5.94. The number of para-hydroxylation sites is 1. The molecule has 1 aliphatic heterocycles. The molecular weight excluding hydrogens is 292 g/mol. The third-order valence-corrected chi connectivity index (χ3v) is 5.94. The van der Waals surface area contributed by atoms with Gasteiger partial charge in [-0.1, -0.05) is 44.0 Å². The Morgan fingerprint density at radius 2 is 2.17 bits per heavy atom. The van der Waals surface area contributed by atoms with E-state index in [1.54, 1.807) is 0 Å². The normalized spacial score (nSPS) is 25.2. The Morgan fingerprint density at radius 1 is 1.33 bits per heavy atom. The summed E-state index contributed by atoms with van der Waals surface area (Å²) >= 11 is 0. The first-order valence-corrected chi connectivity index (χ1v) is 9.64. The van der Waals surface area contributed by atoms with Gasteiger partial charge in [0.1, 0.15) is 0 Å². The third kappa shape index (κ3) is 3.75. The Labute approximate surface area is 146 Å². The summed E-state index contributed by atoms with van der Waals surface area (Å²) in [4.78, 5) is 6.12. The lowest BCUT2D eigenvalue weighted by Gasteiger charge is -2.43. The first kappa shape index (κ1) is 17.3. The molecular formula is C22H32N2. The van der Waals surface area contributed by atoms with Crippen LogP contribution in [0.2, 0.25) is 0 Å². The van der Waals surface area contributed by atoms with Gasteiger partial charge in [-0.3, -0.25) is 4.90 Å². The second-order valence-electron chi connectivity index (χ2n) is 7.48. The van der Waals surface area contributed by atoms with E-state index in [0.717, 1.165) is 18.9 Å². The number of benzene rings is 1. The van der Waals surface area contributed by atoms with Crippen LogP contribution in [0.1, 0.15) is 45.1 Å². The number of unbranched alkanes of at least 4 members (excludes halogenated alkanes) is 1. The number of aromatic amines is 1. The Balaban J connectivity index is 1.67. The molecule has 1 aromatic heterocycles. The van der Waals surface area contributed by atoms with Crippen molar-refractivity contribution in [1.82, 2.24) is 9.88 Å². The number of rotatable bonds is 7. The maximum absolute atomic E-state index is 4.08. The Morgan fingerprint density at radius 3 is 2.96 bits per heavy atom. The summed E-state index contributed by atoms with van der Waals surface area (Å²) in [5, 5.41) is 1.38. The molecule has 3 unspecified atom stereocenters. The van der Waals surface area contributed by atoms with Gasteiger partial charge in [-0.15, -0.1) is 6.58 Å². The molecule has 0 bridgehead atoms. The number of nitrogens with zero attached hydrogens (tertiary/aromatic N) is 1. The van der Waals surface area contributed by atoms with Crippen molar-refractivity contribution in [2.75, 3.05) is 13.1 Å². The highest BCUT2D eigenvalue weighted by atomic mass is 15.2. The van der Waals surface area contributed by atoms with E-state index in [9.17, 15) is 0 Å². The largest absolute Gasteiger partial charge is 0.361 e. The first-order valence-electron chi connectivity index (χ1n) is 9.64. The molecule has 3 atom stereocenters. The molecule has 0 amide bonds. The van der Waals surface area contributed by atoms with Crippen LogP contribution in [0.25, 0.3) is 10.9 Å². The zero-order chi connectivity index (χ0) is 16.9. The lowest BCUT2D eigenvalue weighted by atomic mass is 9.80. The minimum atomic E-state index is 0.658. The standard InChI is InChI=1S/C22H32N2/c1-4-6-9-19-14-18(5-2)16-24(17(19)3)13-12-20-15-23-22-11-8-7-10-21(20)22/h5,7-8,10-11,15,17-19,23H,2,4,6,9,12-14,16H2,1,3H3. The van der Waals surface area contributed by atoms with Crippen LogP contribution in [0, 0.1) is 11.8 Å². The maximum Gasteiger partial charge on any atom is 0.0456 e. The van der Waals surface area contributed by atoms with E-state index in [-0.39, 0.29) is 0 Å². The van der Waals surface area contributed by atoms with Gasteiger partial charge in [0.05, 0.1) is 0 Å². The van der Waals surface area contributed by atoms with Crippen LogP contribution in [-0.4, -0.2) is 29.0 Å². The van der Waals surface area contributed by atoms with Crippen molar-refractivity contribution in [3.63, 3.8) is 0 Å². The van der Waals surface area contributed by atoms with Gasteiger partial charge in [-0.25, -0.2) is 0 Å². The Kier molecular flexibility index (Phi) is 5.78. The number of nitrogens with one attached hydrogen (secondary N) is 1. The van der Waals surface area contributed by atoms with E-state index in [4.69, 9.17) is 0 Å². The van der Waals surface area contributed by atoms with Gasteiger partial charge in [0.25, 0.3) is 0 Å². The Bertz CT molecular complexity index is 657. The quantitative estimate of drug-likeness (QED) is 0.674. The van der Waals surface area contributed by atoms with Crippen molar-refractivity contribution in [2.24, 2.45) is 11.8 Å². The molecule has 1 aliphatic rings. The Hall–Kier alpha value is -1.54. The van der Waals surface area contributed by atoms with Crippen LogP contribution in [-0.2, 0) is 6.42 Å². The van der Waals surface area contributed by atoms with Gasteiger partial charge in [0.15, 0.2) is 0 Å². The van der Waals surface area contributed by atoms with E-state index < -0.39 is 0 Å². The lowest BCUT2D eigenvalue weighted by molar-refractivity contribution is 0.0761. The van der Waals surface area contributed by atoms with Gasteiger partial charge in [0, 0.05) is 36.2 Å². The number of hydrogen-bond acceptors (Lipinski definition) is 1. The average Bonchev–Trinajstić information content (AvgIpc) is 3.03. The van der Waals surface area contributed by atoms with E-state index in [1.807, 2.05) is 0 Å². The number of aromatic nitrogens is 1. The molecule has 1 fully saturated rings. The minimum absolute atomic E-state index is 0.658. The molecule has 2 nitrogen and oxygen atoms in total. The van der Waals surface area contributed by atoms with Crippen molar-refractivity contribution in [3.05, 3.63) is 48.7 Å². The molecule has 1 saturated heterocycles. The number of likely N-dealkylation sites (tertiary alicyclic amines) is 1. The molecule has 2 heterocycles. The summed E-state index contributed by atoms with van der Waals surface area (Å²) in [6.45, 7) is 11.1. The predicted octanol–water partition coefficient (Wildman–Crippen LogP) is 5.41. The average molecular weight is 325 g/mol. The second kappa shape index (κ2) is 8.02. The highest BCUT2D eigenvalue weighted by Gasteiger charge is 2.31. The summed E-state index contributed by atoms with van der Waals surface area (Å²) in [6, 6.07) is 9.33. The van der Waals surface area contributed by atoms with E-state index >= 15 is 0 Å². The second-order valence-corrected chi connectivity index (χ2v) is 7.48. The monoisotopic (exact) mass is 324 g/mol. The van der Waals surface area contributed by atoms with Crippen LogP contribution in [0.15, 0.2) is 43.1 Å². The van der Waals surface area contributed by atoms with Gasteiger partial charge in [0.2, 0.25) is 0 Å². The van der Waals surface area contributed by atoms with Crippen LogP contribution < -0.4 is 0 Å². The number of hydrogen-bond donors (Lipinski definition) is 1. The molecule has 130 valence electrons. The SMILES string of the molecule is C=CC1CC(CCCC)C(C)N(CCc2c[nH]c3ccccc23)C1. The van der Waals surface area contributed by atoms with Crippen molar-refractivity contribution < 1.29 is 0 Å². The number of fused-ring (bicyclic) bond motifs is 1.